The van der Waals surface area contributed by atoms with Crippen molar-refractivity contribution < 1.29 is 42.0 Å². The largest absolute Gasteiger partial charge is 0.466 e. The van der Waals surface area contributed by atoms with Crippen molar-refractivity contribution in [1.29, 1.82) is 0 Å². The highest BCUT2D eigenvalue weighted by molar-refractivity contribution is 7.90. The first-order valence-electron chi connectivity index (χ1n) is 6.57. The smallest absolute Gasteiger partial charge is 0.386 e. The van der Waals surface area contributed by atoms with Crippen LogP contribution in [-0.4, -0.2) is 57.9 Å². The van der Waals surface area contributed by atoms with Gasteiger partial charge >= 0.3 is 7.82 Å². The average Bonchev–Trinajstić information content (AvgIpc) is 2.49. The van der Waals surface area contributed by atoms with Gasteiger partial charge < -0.3 is 25.1 Å². The molecule has 150 valence electrons. The number of carbonyl (C=O) groups is 1. The zero-order valence-corrected chi connectivity index (χ0v) is 16.4. The molecule has 0 aliphatic carbocycles. The van der Waals surface area contributed by atoms with E-state index in [2.05, 4.69) is 5.32 Å². The number of benzene rings is 1. The maximum absolute atomic E-state index is 12.9. The Bertz CT molecular complexity index is 732. The summed E-state index contributed by atoms with van der Waals surface area (Å²) in [5.41, 5.74) is 0.256. The van der Waals surface area contributed by atoms with E-state index >= 15 is 0 Å². The number of sulfone groups is 1. The van der Waals surface area contributed by atoms with Crippen LogP contribution in [0.2, 0.25) is 0 Å². The third kappa shape index (κ3) is 10.4. The second-order valence-corrected chi connectivity index (χ2v) is 9.01. The molecule has 5 N–H and O–H groups in total. The molecule has 0 fully saturated rings. The molecule has 1 amide bonds. The van der Waals surface area contributed by atoms with Crippen LogP contribution < -0.4 is 5.32 Å². The predicted molar refractivity (Wildman–Crippen MR) is 92.2 cm³/mol. The molecule has 2 atom stereocenters. The Labute approximate surface area is 158 Å². The number of aliphatic hydroxyl groups excluding tert-OH is 1. The van der Waals surface area contributed by atoms with Crippen LogP contribution in [0.25, 0.3) is 0 Å². The zero-order chi connectivity index (χ0) is 20.7. The molecule has 0 aromatic heterocycles. The van der Waals surface area contributed by atoms with Gasteiger partial charge in [0.1, 0.15) is 12.8 Å². The third-order valence-corrected chi connectivity index (χ3v) is 4.25. The Morgan fingerprint density at radius 2 is 1.65 bits per heavy atom. The topological polar surface area (TPSA) is 161 Å². The minimum Gasteiger partial charge on any atom is -0.386 e. The second-order valence-electron chi connectivity index (χ2n) is 4.87. The molecule has 0 spiro atoms. The first-order valence-corrected chi connectivity index (χ1v) is 10.9. The summed E-state index contributed by atoms with van der Waals surface area (Å²) in [4.78, 5) is 31.6. The molecule has 0 aliphatic heterocycles. The molecule has 0 radical (unpaired) electrons. The predicted octanol–water partition coefficient (Wildman–Crippen LogP) is 0.453. The number of rotatable bonds is 6. The molecule has 0 aliphatic rings. The van der Waals surface area contributed by atoms with Crippen LogP contribution in [0.1, 0.15) is 11.7 Å². The fraction of sp³-hybridized carbons (Fsp3) is 0.417. The van der Waals surface area contributed by atoms with Gasteiger partial charge in [0, 0.05) is 6.26 Å². The average molecular weight is 456 g/mol. The molecule has 0 heterocycles. The number of carbonyl (C=O) groups excluding carboxylic acids is 1. The van der Waals surface area contributed by atoms with Crippen LogP contribution in [0.4, 0.5) is 4.39 Å². The summed E-state index contributed by atoms with van der Waals surface area (Å²) in [5.74, 6) is -0.826. The lowest BCUT2D eigenvalue weighted by atomic mass is 10.0. The van der Waals surface area contributed by atoms with E-state index in [0.717, 1.165) is 6.26 Å². The van der Waals surface area contributed by atoms with Crippen molar-refractivity contribution in [2.75, 3.05) is 12.9 Å². The van der Waals surface area contributed by atoms with Gasteiger partial charge in [0.25, 0.3) is 5.91 Å². The summed E-state index contributed by atoms with van der Waals surface area (Å²) in [6.45, 7) is -1.04. The van der Waals surface area contributed by atoms with E-state index in [1.54, 1.807) is 0 Å². The highest BCUT2D eigenvalue weighted by atomic mass is 35.5. The van der Waals surface area contributed by atoms with E-state index in [9.17, 15) is 22.7 Å². The molecule has 0 bridgehead atoms. The van der Waals surface area contributed by atoms with Crippen LogP contribution in [0.5, 0.6) is 0 Å². The number of nitrogens with one attached hydrogen (secondary N) is 1. The highest BCUT2D eigenvalue weighted by Crippen LogP contribution is 2.25. The highest BCUT2D eigenvalue weighted by Gasteiger charge is 2.25. The van der Waals surface area contributed by atoms with E-state index in [1.807, 2.05) is 0 Å². The maximum Gasteiger partial charge on any atom is 0.466 e. The first-order chi connectivity index (χ1) is 11.7. The number of hydrogen-bond donors (Lipinski definition) is 5. The number of alkyl halides is 3. The fourth-order valence-electron chi connectivity index (χ4n) is 1.59. The van der Waals surface area contributed by atoms with Crippen molar-refractivity contribution in [2.24, 2.45) is 0 Å². The molecule has 0 saturated carbocycles. The van der Waals surface area contributed by atoms with E-state index in [4.69, 9.17) is 42.4 Å². The van der Waals surface area contributed by atoms with Crippen LogP contribution >= 0.6 is 31.0 Å². The lowest BCUT2D eigenvalue weighted by Gasteiger charge is -2.22. The van der Waals surface area contributed by atoms with Crippen molar-refractivity contribution in [3.05, 3.63) is 29.8 Å². The summed E-state index contributed by atoms with van der Waals surface area (Å²) in [7, 11) is -8.00. The van der Waals surface area contributed by atoms with E-state index < -0.39 is 47.2 Å². The van der Waals surface area contributed by atoms with Gasteiger partial charge in [-0.25, -0.2) is 17.4 Å². The van der Waals surface area contributed by atoms with Gasteiger partial charge in [0.15, 0.2) is 14.7 Å². The van der Waals surface area contributed by atoms with Gasteiger partial charge in [-0.2, -0.15) is 0 Å². The summed E-state index contributed by atoms with van der Waals surface area (Å²) < 4.78 is 44.4. The van der Waals surface area contributed by atoms with Gasteiger partial charge in [-0.05, 0) is 17.7 Å². The summed E-state index contributed by atoms with van der Waals surface area (Å²) >= 11 is 10.7. The van der Waals surface area contributed by atoms with Crippen molar-refractivity contribution in [3.8, 4) is 0 Å². The summed E-state index contributed by atoms with van der Waals surface area (Å²) in [6, 6.07) is 4.03. The molecule has 9 nitrogen and oxygen atoms in total. The first kappa shape index (κ1) is 25.2. The molecule has 0 saturated heterocycles. The summed E-state index contributed by atoms with van der Waals surface area (Å²) in [6.07, 6.45) is -0.316. The van der Waals surface area contributed by atoms with Crippen molar-refractivity contribution in [1.82, 2.24) is 5.32 Å². The quantitative estimate of drug-likeness (QED) is 0.305. The van der Waals surface area contributed by atoms with Crippen molar-refractivity contribution in [3.63, 3.8) is 0 Å². The van der Waals surface area contributed by atoms with Gasteiger partial charge in [-0.3, -0.25) is 4.79 Å². The number of amides is 1. The number of aliphatic hydroxyl groups is 1. The number of halogens is 3. The monoisotopic (exact) mass is 455 g/mol. The second kappa shape index (κ2) is 10.5. The third-order valence-electron chi connectivity index (χ3n) is 2.72. The fourth-order valence-corrected chi connectivity index (χ4v) is 2.35. The van der Waals surface area contributed by atoms with Crippen LogP contribution in [0.15, 0.2) is 29.2 Å². The molecule has 1 aromatic rings. The molecule has 14 heteroatoms. The van der Waals surface area contributed by atoms with Gasteiger partial charge in [0.2, 0.25) is 0 Å². The Kier molecular flexibility index (Phi) is 10.2. The van der Waals surface area contributed by atoms with Crippen molar-refractivity contribution >= 4 is 46.8 Å². The molecule has 1 aromatic carbocycles. The van der Waals surface area contributed by atoms with Crippen LogP contribution in [0, 0.1) is 0 Å². The Morgan fingerprint density at radius 1 is 1.23 bits per heavy atom. The van der Waals surface area contributed by atoms with Gasteiger partial charge in [-0.1, -0.05) is 35.3 Å². The molecule has 0 unspecified atom stereocenters. The molecule has 1 rings (SSSR count). The lowest BCUT2D eigenvalue weighted by molar-refractivity contribution is -0.121. The Hall–Kier alpha value is -0.780. The van der Waals surface area contributed by atoms with Crippen LogP contribution in [-0.2, 0) is 19.2 Å². The molecular formula is C12H17Cl2FNO8PS. The Morgan fingerprint density at radius 3 is 1.96 bits per heavy atom. The Balaban J connectivity index is 0.00000110. The van der Waals surface area contributed by atoms with Crippen LogP contribution in [0.3, 0.4) is 0 Å². The van der Waals surface area contributed by atoms with E-state index in [0.29, 0.717) is 0 Å². The SMILES string of the molecule is CS(=O)(=O)c1ccc([C@@H](O)[C@@H](CF)NC(=O)C(Cl)Cl)cc1.O=P(O)(O)O. The van der Waals surface area contributed by atoms with E-state index in [1.165, 1.54) is 24.3 Å². The number of phosphoric acid groups is 1. The zero-order valence-electron chi connectivity index (χ0n) is 13.2. The maximum atomic E-state index is 12.9. The van der Waals surface area contributed by atoms with E-state index in [-0.39, 0.29) is 10.5 Å². The van der Waals surface area contributed by atoms with Gasteiger partial charge in [-0.15, -0.1) is 0 Å². The number of hydrogen-bond acceptors (Lipinski definition) is 5. The molecule has 26 heavy (non-hydrogen) atoms. The standard InChI is InChI=1S/C12H14Cl2FNO4S.H3O4P/c1-21(19,20)8-4-2-7(3-5-8)10(17)9(6-15)16-12(18)11(13)14;1-5(2,3)4/h2-5,9-11,17H,6H2,1H3,(H,16,18);(H3,1,2,3,4)/t9-,10-;/m1./s1. The van der Waals surface area contributed by atoms with Gasteiger partial charge in [0.05, 0.1) is 10.9 Å². The summed E-state index contributed by atoms with van der Waals surface area (Å²) in [5, 5.41) is 12.2. The molecular weight excluding hydrogens is 439 g/mol. The minimum atomic E-state index is -4.64. The van der Waals surface area contributed by atoms with Crippen molar-refractivity contribution in [2.45, 2.75) is 21.9 Å². The lowest BCUT2D eigenvalue weighted by Crippen LogP contribution is -2.43. The minimum absolute atomic E-state index is 0.0702. The normalized spacial score (nSPS) is 14.2.